The Morgan fingerprint density at radius 3 is 2.90 bits per heavy atom. The summed E-state index contributed by atoms with van der Waals surface area (Å²) in [4.78, 5) is 11.9. The summed E-state index contributed by atoms with van der Waals surface area (Å²) in [6.45, 7) is 0. The Bertz CT molecular complexity index is 1100. The highest BCUT2D eigenvalue weighted by Crippen LogP contribution is 2.27. The van der Waals surface area contributed by atoms with Crippen LogP contribution in [0, 0.1) is 0 Å². The molecule has 0 saturated carbocycles. The van der Waals surface area contributed by atoms with E-state index in [1.807, 2.05) is 37.5 Å². The van der Waals surface area contributed by atoms with Gasteiger partial charge in [0.05, 0.1) is 11.6 Å². The van der Waals surface area contributed by atoms with Gasteiger partial charge in [-0.25, -0.2) is 0 Å². The topological polar surface area (TPSA) is 113 Å². The quantitative estimate of drug-likeness (QED) is 0.337. The zero-order chi connectivity index (χ0) is 20.2. The summed E-state index contributed by atoms with van der Waals surface area (Å²) >= 11 is 0. The molecule has 0 bridgehead atoms. The van der Waals surface area contributed by atoms with Crippen molar-refractivity contribution < 1.29 is 13.8 Å². The first-order chi connectivity index (χ1) is 14.1. The van der Waals surface area contributed by atoms with Crippen LogP contribution in [0.5, 0.6) is 0 Å². The molecule has 0 aliphatic rings. The third kappa shape index (κ3) is 4.43. The minimum atomic E-state index is -0.194. The number of aryl methyl sites for hydroxylation is 1. The molecule has 0 fully saturated rings. The first-order valence-electron chi connectivity index (χ1n) is 9.70. The zero-order valence-electron chi connectivity index (χ0n) is 16.2. The van der Waals surface area contributed by atoms with Gasteiger partial charge in [0.25, 0.3) is 0 Å². The SMILES string of the molecule is Cn1cc2cc(-c3cc(C(N)CCCCCC(=O)c4ccon4)no3)ccc2n1. The zero-order valence-corrected chi connectivity index (χ0v) is 16.2. The Hall–Kier alpha value is -3.26. The molecule has 3 heterocycles. The summed E-state index contributed by atoms with van der Waals surface area (Å²) < 4.78 is 12.0. The predicted octanol–water partition coefficient (Wildman–Crippen LogP) is 4.05. The van der Waals surface area contributed by atoms with Crippen LogP contribution < -0.4 is 5.73 Å². The van der Waals surface area contributed by atoms with Gasteiger partial charge in [-0.2, -0.15) is 5.10 Å². The van der Waals surface area contributed by atoms with Gasteiger partial charge < -0.3 is 14.8 Å². The van der Waals surface area contributed by atoms with E-state index in [9.17, 15) is 4.79 Å². The maximum Gasteiger partial charge on any atom is 0.184 e. The number of nitrogens with two attached hydrogens (primary N) is 1. The molecule has 1 atom stereocenters. The predicted molar refractivity (Wildman–Crippen MR) is 107 cm³/mol. The second kappa shape index (κ2) is 8.40. The lowest BCUT2D eigenvalue weighted by molar-refractivity contribution is 0.0970. The molecule has 4 rings (SSSR count). The average Bonchev–Trinajstić information content (AvgIpc) is 3.45. The van der Waals surface area contributed by atoms with Gasteiger partial charge in [0.15, 0.2) is 11.5 Å². The monoisotopic (exact) mass is 393 g/mol. The number of carbonyl (C=O) groups is 1. The minimum absolute atomic E-state index is 0.00905. The summed E-state index contributed by atoms with van der Waals surface area (Å²) in [6.07, 6.45) is 7.26. The number of hydrogen-bond donors (Lipinski definition) is 1. The van der Waals surface area contributed by atoms with E-state index < -0.39 is 0 Å². The lowest BCUT2D eigenvalue weighted by Gasteiger charge is -2.07. The van der Waals surface area contributed by atoms with Crippen molar-refractivity contribution in [3.63, 3.8) is 0 Å². The molecule has 0 radical (unpaired) electrons. The molecule has 0 aliphatic heterocycles. The van der Waals surface area contributed by atoms with Gasteiger partial charge in [0.2, 0.25) is 0 Å². The van der Waals surface area contributed by atoms with E-state index in [4.69, 9.17) is 14.8 Å². The standard InChI is InChI=1S/C21H23N5O3/c1-26-13-15-11-14(7-8-17(15)23-26)21-12-19(25-29-21)16(22)5-3-2-4-6-20(27)18-9-10-28-24-18/h7-13,16H,2-6,22H2,1H3. The number of hydrogen-bond acceptors (Lipinski definition) is 7. The van der Waals surface area contributed by atoms with E-state index in [0.29, 0.717) is 17.9 Å². The molecule has 150 valence electrons. The molecule has 0 amide bonds. The fourth-order valence-electron chi connectivity index (χ4n) is 3.36. The van der Waals surface area contributed by atoms with Gasteiger partial charge in [-0.3, -0.25) is 9.48 Å². The Morgan fingerprint density at radius 1 is 1.17 bits per heavy atom. The molecular weight excluding hydrogens is 370 g/mol. The van der Waals surface area contributed by atoms with Crippen LogP contribution in [0.1, 0.15) is 54.3 Å². The van der Waals surface area contributed by atoms with E-state index in [2.05, 4.69) is 15.4 Å². The number of nitrogens with zero attached hydrogens (tertiary/aromatic N) is 4. The van der Waals surface area contributed by atoms with Crippen LogP contribution in [0.15, 0.2) is 51.8 Å². The second-order valence-corrected chi connectivity index (χ2v) is 7.21. The molecule has 3 aromatic heterocycles. The van der Waals surface area contributed by atoms with Crippen molar-refractivity contribution in [3.8, 4) is 11.3 Å². The van der Waals surface area contributed by atoms with Gasteiger partial charge in [-0.15, -0.1) is 0 Å². The average molecular weight is 393 g/mol. The Kier molecular flexibility index (Phi) is 5.53. The minimum Gasteiger partial charge on any atom is -0.364 e. The molecule has 2 N–H and O–H groups in total. The summed E-state index contributed by atoms with van der Waals surface area (Å²) in [6, 6.07) is 9.26. The van der Waals surface area contributed by atoms with Crippen molar-refractivity contribution in [1.29, 1.82) is 0 Å². The molecule has 0 spiro atoms. The smallest absolute Gasteiger partial charge is 0.184 e. The number of fused-ring (bicyclic) bond motifs is 1. The van der Waals surface area contributed by atoms with E-state index in [0.717, 1.165) is 47.8 Å². The summed E-state index contributed by atoms with van der Waals surface area (Å²) in [7, 11) is 1.90. The Morgan fingerprint density at radius 2 is 2.07 bits per heavy atom. The van der Waals surface area contributed by atoms with Crippen LogP contribution >= 0.6 is 0 Å². The summed E-state index contributed by atoms with van der Waals surface area (Å²) in [5.41, 5.74) is 9.29. The van der Waals surface area contributed by atoms with Crippen molar-refractivity contribution in [2.24, 2.45) is 12.8 Å². The fraction of sp³-hybridized carbons (Fsp3) is 0.333. The number of ketones is 1. The van der Waals surface area contributed by atoms with Gasteiger partial charge in [-0.1, -0.05) is 23.2 Å². The van der Waals surface area contributed by atoms with E-state index in [1.165, 1.54) is 6.26 Å². The van der Waals surface area contributed by atoms with E-state index in [-0.39, 0.29) is 11.8 Å². The molecule has 4 aromatic rings. The molecular formula is C21H23N5O3. The Labute approximate surface area is 167 Å². The van der Waals surface area contributed by atoms with Crippen molar-refractivity contribution in [3.05, 3.63) is 54.2 Å². The van der Waals surface area contributed by atoms with Crippen LogP contribution in [0.3, 0.4) is 0 Å². The van der Waals surface area contributed by atoms with E-state index in [1.54, 1.807) is 10.7 Å². The number of rotatable bonds is 9. The van der Waals surface area contributed by atoms with Gasteiger partial charge in [0.1, 0.15) is 17.7 Å². The normalized spacial score (nSPS) is 12.5. The van der Waals surface area contributed by atoms with Gasteiger partial charge in [0, 0.05) is 42.7 Å². The number of aromatic nitrogens is 4. The second-order valence-electron chi connectivity index (χ2n) is 7.21. The van der Waals surface area contributed by atoms with Crippen LogP contribution in [0.2, 0.25) is 0 Å². The van der Waals surface area contributed by atoms with Crippen molar-refractivity contribution >= 4 is 16.7 Å². The third-order valence-electron chi connectivity index (χ3n) is 4.95. The highest BCUT2D eigenvalue weighted by molar-refractivity contribution is 5.93. The van der Waals surface area contributed by atoms with Crippen LogP contribution in [0.25, 0.3) is 22.2 Å². The molecule has 0 saturated heterocycles. The first-order valence-corrected chi connectivity index (χ1v) is 9.70. The molecule has 0 aliphatic carbocycles. The molecule has 29 heavy (non-hydrogen) atoms. The number of carbonyl (C=O) groups excluding carboxylic acids is 1. The third-order valence-corrected chi connectivity index (χ3v) is 4.95. The van der Waals surface area contributed by atoms with Crippen LogP contribution in [-0.4, -0.2) is 25.9 Å². The number of Topliss-reactive ketones (excluding diaryl/α,β-unsaturated/α-hetero) is 1. The summed E-state index contributed by atoms with van der Waals surface area (Å²) in [5, 5.41) is 13.2. The maximum absolute atomic E-state index is 11.9. The highest BCUT2D eigenvalue weighted by Gasteiger charge is 2.14. The highest BCUT2D eigenvalue weighted by atomic mass is 16.5. The maximum atomic E-state index is 11.9. The largest absolute Gasteiger partial charge is 0.364 e. The van der Waals surface area contributed by atoms with Crippen molar-refractivity contribution in [1.82, 2.24) is 20.1 Å². The first kappa shape index (κ1) is 19.1. The van der Waals surface area contributed by atoms with Crippen molar-refractivity contribution in [2.45, 2.75) is 38.1 Å². The van der Waals surface area contributed by atoms with Gasteiger partial charge in [-0.05, 0) is 31.0 Å². The van der Waals surface area contributed by atoms with Crippen LogP contribution in [-0.2, 0) is 7.05 Å². The molecule has 8 heteroatoms. The van der Waals surface area contributed by atoms with Gasteiger partial charge >= 0.3 is 0 Å². The molecule has 1 aromatic carbocycles. The molecule has 8 nitrogen and oxygen atoms in total. The lowest BCUT2D eigenvalue weighted by Crippen LogP contribution is -2.10. The Balaban J connectivity index is 1.27. The number of benzene rings is 1. The molecule has 1 unspecified atom stereocenters. The fourth-order valence-corrected chi connectivity index (χ4v) is 3.36. The summed E-state index contributed by atoms with van der Waals surface area (Å²) in [5.74, 6) is 0.703. The van der Waals surface area contributed by atoms with Crippen molar-refractivity contribution in [2.75, 3.05) is 0 Å². The van der Waals surface area contributed by atoms with Crippen LogP contribution in [0.4, 0.5) is 0 Å². The lowest BCUT2D eigenvalue weighted by atomic mass is 10.0. The van der Waals surface area contributed by atoms with E-state index >= 15 is 0 Å². The number of unbranched alkanes of at least 4 members (excludes halogenated alkanes) is 2.